The Labute approximate surface area is 86.3 Å². The van der Waals surface area contributed by atoms with Gasteiger partial charge in [-0.25, -0.2) is 0 Å². The van der Waals surface area contributed by atoms with E-state index >= 15 is 0 Å². The molecule has 3 amide bonds. The van der Waals surface area contributed by atoms with Crippen LogP contribution in [0.15, 0.2) is 11.1 Å². The Morgan fingerprint density at radius 2 is 1.57 bits per heavy atom. The SMILES string of the molecule is CS/C(=C\C(=O)NC(C)=O)NC(C)=O. The topological polar surface area (TPSA) is 75.3 Å². The molecule has 0 unspecified atom stereocenters. The van der Waals surface area contributed by atoms with Crippen LogP contribution in [0.5, 0.6) is 0 Å². The van der Waals surface area contributed by atoms with Crippen LogP contribution in [0.25, 0.3) is 0 Å². The third kappa shape index (κ3) is 6.24. The predicted octanol–water partition coefficient (Wildman–Crippen LogP) is -0.0104. The number of carbonyl (C=O) groups is 3. The summed E-state index contributed by atoms with van der Waals surface area (Å²) in [6.45, 7) is 2.58. The molecule has 0 saturated carbocycles. The minimum Gasteiger partial charge on any atom is -0.321 e. The molecule has 2 N–H and O–H groups in total. The Morgan fingerprint density at radius 3 is 1.93 bits per heavy atom. The second-order valence-corrected chi connectivity index (χ2v) is 3.29. The van der Waals surface area contributed by atoms with Crippen LogP contribution in [0.1, 0.15) is 13.8 Å². The van der Waals surface area contributed by atoms with E-state index in [1.807, 2.05) is 0 Å². The maximum Gasteiger partial charge on any atom is 0.253 e. The van der Waals surface area contributed by atoms with Crippen LogP contribution in [-0.4, -0.2) is 24.0 Å². The van der Waals surface area contributed by atoms with Crippen LogP contribution in [0, 0.1) is 0 Å². The van der Waals surface area contributed by atoms with Gasteiger partial charge in [-0.2, -0.15) is 0 Å². The molecule has 0 aliphatic rings. The third-order valence-electron chi connectivity index (χ3n) is 1.08. The Balaban J connectivity index is 4.35. The number of thioether (sulfide) groups is 1. The van der Waals surface area contributed by atoms with E-state index in [1.165, 1.54) is 25.6 Å². The minimum absolute atomic E-state index is 0.263. The summed E-state index contributed by atoms with van der Waals surface area (Å²) in [7, 11) is 0. The van der Waals surface area contributed by atoms with Crippen LogP contribution in [-0.2, 0) is 14.4 Å². The lowest BCUT2D eigenvalue weighted by atomic mass is 10.5. The van der Waals surface area contributed by atoms with Gasteiger partial charge in [-0.05, 0) is 6.26 Å². The molecule has 0 spiro atoms. The monoisotopic (exact) mass is 216 g/mol. The van der Waals surface area contributed by atoms with E-state index in [9.17, 15) is 14.4 Å². The molecule has 0 radical (unpaired) electrons. The minimum atomic E-state index is -0.546. The zero-order chi connectivity index (χ0) is 11.1. The highest BCUT2D eigenvalue weighted by atomic mass is 32.2. The first kappa shape index (κ1) is 12.7. The van der Waals surface area contributed by atoms with E-state index in [2.05, 4.69) is 10.6 Å². The quantitative estimate of drug-likeness (QED) is 0.651. The summed E-state index contributed by atoms with van der Waals surface area (Å²) in [5.74, 6) is -1.24. The molecular weight excluding hydrogens is 204 g/mol. The van der Waals surface area contributed by atoms with Gasteiger partial charge in [0.05, 0.1) is 5.03 Å². The molecule has 5 nitrogen and oxygen atoms in total. The molecule has 0 aromatic rings. The summed E-state index contributed by atoms with van der Waals surface area (Å²) < 4.78 is 0. The molecule has 0 aliphatic carbocycles. The third-order valence-corrected chi connectivity index (χ3v) is 1.74. The standard InChI is InChI=1S/C8H12N2O3S/c1-5(11)9-7(13)4-8(14-3)10-6(2)12/h4H,1-3H3,(H,10,12)(H,9,11,13)/b8-4-. The highest BCUT2D eigenvalue weighted by Gasteiger charge is 2.03. The van der Waals surface area contributed by atoms with Crippen LogP contribution >= 0.6 is 11.8 Å². The van der Waals surface area contributed by atoms with Crippen molar-refractivity contribution in [2.75, 3.05) is 6.26 Å². The van der Waals surface area contributed by atoms with Crippen molar-refractivity contribution in [3.05, 3.63) is 11.1 Å². The fourth-order valence-corrected chi connectivity index (χ4v) is 1.12. The van der Waals surface area contributed by atoms with Gasteiger partial charge >= 0.3 is 0 Å². The van der Waals surface area contributed by atoms with Crippen molar-refractivity contribution in [1.82, 2.24) is 10.6 Å². The highest BCUT2D eigenvalue weighted by Crippen LogP contribution is 2.06. The second-order valence-electron chi connectivity index (χ2n) is 2.44. The van der Waals surface area contributed by atoms with Gasteiger partial charge in [0, 0.05) is 19.9 Å². The fourth-order valence-electron chi connectivity index (χ4n) is 0.648. The Bertz CT molecular complexity index is 286. The van der Waals surface area contributed by atoms with Gasteiger partial charge in [-0.3, -0.25) is 19.7 Å². The van der Waals surface area contributed by atoms with Gasteiger partial charge in [0.1, 0.15) is 0 Å². The van der Waals surface area contributed by atoms with Gasteiger partial charge in [0.15, 0.2) is 0 Å². The largest absolute Gasteiger partial charge is 0.321 e. The number of carbonyl (C=O) groups excluding carboxylic acids is 3. The zero-order valence-corrected chi connectivity index (χ0v) is 9.03. The van der Waals surface area contributed by atoms with Crippen molar-refractivity contribution in [1.29, 1.82) is 0 Å². The van der Waals surface area contributed by atoms with Gasteiger partial charge < -0.3 is 5.32 Å². The lowest BCUT2D eigenvalue weighted by molar-refractivity contribution is -0.126. The van der Waals surface area contributed by atoms with Crippen molar-refractivity contribution in [2.45, 2.75) is 13.8 Å². The molecule has 0 aromatic heterocycles. The average Bonchev–Trinajstić information content (AvgIpc) is 2.00. The molecule has 0 rings (SSSR count). The van der Waals surface area contributed by atoms with Gasteiger partial charge in [-0.1, -0.05) is 0 Å². The first-order valence-electron chi connectivity index (χ1n) is 3.80. The van der Waals surface area contributed by atoms with E-state index in [-0.39, 0.29) is 5.91 Å². The summed E-state index contributed by atoms with van der Waals surface area (Å²) in [5.41, 5.74) is 0. The first-order valence-corrected chi connectivity index (χ1v) is 5.03. The molecule has 78 valence electrons. The summed E-state index contributed by atoms with van der Waals surface area (Å²) in [6.07, 6.45) is 2.87. The van der Waals surface area contributed by atoms with Crippen molar-refractivity contribution in [3.63, 3.8) is 0 Å². The van der Waals surface area contributed by atoms with E-state index in [1.54, 1.807) is 6.26 Å². The molecule has 0 aromatic carbocycles. The Morgan fingerprint density at radius 1 is 1.07 bits per heavy atom. The average molecular weight is 216 g/mol. The Hall–Kier alpha value is -1.30. The number of nitrogens with one attached hydrogen (secondary N) is 2. The molecule has 0 aliphatic heterocycles. The van der Waals surface area contributed by atoms with Crippen LogP contribution in [0.2, 0.25) is 0 Å². The van der Waals surface area contributed by atoms with E-state index < -0.39 is 11.8 Å². The lowest BCUT2D eigenvalue weighted by Crippen LogP contribution is -2.28. The highest BCUT2D eigenvalue weighted by molar-refractivity contribution is 8.02. The van der Waals surface area contributed by atoms with Crippen molar-refractivity contribution < 1.29 is 14.4 Å². The van der Waals surface area contributed by atoms with Crippen molar-refractivity contribution in [2.24, 2.45) is 0 Å². The summed E-state index contributed by atoms with van der Waals surface area (Å²) >= 11 is 1.21. The van der Waals surface area contributed by atoms with Crippen molar-refractivity contribution in [3.8, 4) is 0 Å². The molecule has 0 saturated heterocycles. The molecule has 0 bridgehead atoms. The maximum atomic E-state index is 11.0. The number of imide groups is 1. The maximum absolute atomic E-state index is 11.0. The molecule has 14 heavy (non-hydrogen) atoms. The van der Waals surface area contributed by atoms with Gasteiger partial charge in [0.25, 0.3) is 5.91 Å². The summed E-state index contributed by atoms with van der Waals surface area (Å²) in [5, 5.41) is 4.91. The van der Waals surface area contributed by atoms with Crippen LogP contribution < -0.4 is 10.6 Å². The summed E-state index contributed by atoms with van der Waals surface area (Å²) in [6, 6.07) is 0. The molecular formula is C8H12N2O3S. The number of amides is 3. The number of hydrogen-bond acceptors (Lipinski definition) is 4. The molecule has 0 atom stereocenters. The zero-order valence-electron chi connectivity index (χ0n) is 8.21. The number of rotatable bonds is 3. The van der Waals surface area contributed by atoms with Gasteiger partial charge in [0.2, 0.25) is 11.8 Å². The fraction of sp³-hybridized carbons (Fsp3) is 0.375. The molecule has 0 fully saturated rings. The Kier molecular flexibility index (Phi) is 5.62. The van der Waals surface area contributed by atoms with E-state index in [4.69, 9.17) is 0 Å². The normalized spacial score (nSPS) is 10.6. The summed E-state index contributed by atoms with van der Waals surface area (Å²) in [4.78, 5) is 32.2. The van der Waals surface area contributed by atoms with Crippen LogP contribution in [0.3, 0.4) is 0 Å². The van der Waals surface area contributed by atoms with E-state index in [0.717, 1.165) is 6.08 Å². The van der Waals surface area contributed by atoms with E-state index in [0.29, 0.717) is 5.03 Å². The van der Waals surface area contributed by atoms with Gasteiger partial charge in [-0.15, -0.1) is 11.8 Å². The second kappa shape index (κ2) is 6.20. The van der Waals surface area contributed by atoms with Crippen molar-refractivity contribution >= 4 is 29.5 Å². The molecule has 0 heterocycles. The first-order chi connectivity index (χ1) is 6.45. The lowest BCUT2D eigenvalue weighted by Gasteiger charge is -2.03. The predicted molar refractivity (Wildman–Crippen MR) is 54.2 cm³/mol. The van der Waals surface area contributed by atoms with Crippen LogP contribution in [0.4, 0.5) is 0 Å². The number of hydrogen-bond donors (Lipinski definition) is 2. The molecule has 6 heteroatoms. The smallest absolute Gasteiger partial charge is 0.253 e.